The molecule has 0 fully saturated rings. The van der Waals surface area contributed by atoms with Gasteiger partial charge in [-0.05, 0) is 72.5 Å². The molecule has 6 nitrogen and oxygen atoms in total. The van der Waals surface area contributed by atoms with Gasteiger partial charge in [0, 0.05) is 15.2 Å². The van der Waals surface area contributed by atoms with Gasteiger partial charge in [0.1, 0.15) is 5.58 Å². The number of methoxy groups -OCH3 is 1. The van der Waals surface area contributed by atoms with Gasteiger partial charge in [0.25, 0.3) is 5.91 Å². The number of fused-ring (bicyclic) bond motifs is 2. The molecular weight excluding hydrogens is 558 g/mol. The number of rotatable bonds is 7. The molecule has 8 heteroatoms. The van der Waals surface area contributed by atoms with Crippen LogP contribution in [-0.2, 0) is 0 Å². The summed E-state index contributed by atoms with van der Waals surface area (Å²) in [5.74, 6) is 1.25. The van der Waals surface area contributed by atoms with Gasteiger partial charge in [-0.3, -0.25) is 14.5 Å². The fraction of sp³-hybridized carbons (Fsp3) is 0.241. The molecule has 4 aromatic rings. The van der Waals surface area contributed by atoms with Crippen molar-refractivity contribution in [1.29, 1.82) is 0 Å². The van der Waals surface area contributed by atoms with E-state index in [2.05, 4.69) is 29.8 Å². The number of ether oxygens (including phenoxy) is 2. The van der Waals surface area contributed by atoms with E-state index in [-0.39, 0.29) is 16.8 Å². The van der Waals surface area contributed by atoms with Crippen LogP contribution in [0, 0.1) is 5.92 Å². The van der Waals surface area contributed by atoms with Crippen LogP contribution in [0.25, 0.3) is 11.0 Å². The maximum atomic E-state index is 13.8. The van der Waals surface area contributed by atoms with Crippen molar-refractivity contribution in [3.8, 4) is 11.5 Å². The molecule has 0 bridgehead atoms. The Kier molecular flexibility index (Phi) is 7.01. The number of benzene rings is 3. The van der Waals surface area contributed by atoms with Crippen LogP contribution in [0.3, 0.4) is 0 Å². The summed E-state index contributed by atoms with van der Waals surface area (Å²) in [5, 5.41) is 0.734. The Hall–Kier alpha value is -3.29. The lowest BCUT2D eigenvalue weighted by Gasteiger charge is -2.26. The maximum absolute atomic E-state index is 13.8. The highest BCUT2D eigenvalue weighted by Gasteiger charge is 2.44. The van der Waals surface area contributed by atoms with Gasteiger partial charge in [-0.2, -0.15) is 0 Å². The van der Waals surface area contributed by atoms with E-state index in [4.69, 9.17) is 25.5 Å². The predicted molar refractivity (Wildman–Crippen MR) is 148 cm³/mol. The molecule has 1 unspecified atom stereocenters. The highest BCUT2D eigenvalue weighted by Crippen LogP contribution is 2.43. The Morgan fingerprint density at radius 3 is 2.49 bits per heavy atom. The Balaban J connectivity index is 1.68. The first kappa shape index (κ1) is 25.4. The number of carbonyl (C=O) groups is 1. The van der Waals surface area contributed by atoms with Crippen molar-refractivity contribution in [3.63, 3.8) is 0 Å². The van der Waals surface area contributed by atoms with Gasteiger partial charge in [-0.1, -0.05) is 47.4 Å². The summed E-state index contributed by atoms with van der Waals surface area (Å²) in [4.78, 5) is 29.1. The molecule has 0 spiro atoms. The second-order valence-corrected chi connectivity index (χ2v) is 10.7. The van der Waals surface area contributed by atoms with Gasteiger partial charge < -0.3 is 13.9 Å². The lowest BCUT2D eigenvalue weighted by molar-refractivity contribution is 0.0971. The number of hydrogen-bond acceptors (Lipinski definition) is 5. The highest BCUT2D eigenvalue weighted by atomic mass is 79.9. The highest BCUT2D eigenvalue weighted by molar-refractivity contribution is 9.10. The van der Waals surface area contributed by atoms with E-state index < -0.39 is 11.9 Å². The minimum absolute atomic E-state index is 0.0176. The van der Waals surface area contributed by atoms with Crippen molar-refractivity contribution in [1.82, 2.24) is 0 Å². The Bertz CT molecular complexity index is 1550. The zero-order chi connectivity index (χ0) is 26.3. The quantitative estimate of drug-likeness (QED) is 0.227. The molecule has 0 saturated carbocycles. The van der Waals surface area contributed by atoms with E-state index >= 15 is 0 Å². The average molecular weight is 583 g/mol. The van der Waals surface area contributed by atoms with Gasteiger partial charge in [-0.25, -0.2) is 0 Å². The maximum Gasteiger partial charge on any atom is 0.295 e. The number of hydrogen-bond donors (Lipinski definition) is 0. The summed E-state index contributed by atoms with van der Waals surface area (Å²) >= 11 is 9.64. The van der Waals surface area contributed by atoms with Crippen molar-refractivity contribution in [3.05, 3.63) is 97.3 Å². The molecule has 0 N–H and O–H groups in total. The first-order valence-electron chi connectivity index (χ1n) is 11.9. The van der Waals surface area contributed by atoms with Gasteiger partial charge in [0.15, 0.2) is 16.9 Å². The van der Waals surface area contributed by atoms with Crippen molar-refractivity contribution < 1.29 is 18.7 Å². The number of anilines is 1. The topological polar surface area (TPSA) is 69.0 Å². The SMILES string of the molecule is COc1cc(C2c3c(oc4ccc(Cl)cc4c3=O)C(=O)N2c2ccc(Br)cc2)ccc1OCCC(C)C. The zero-order valence-corrected chi connectivity index (χ0v) is 22.9. The standard InChI is InChI=1S/C29H25BrClNO5/c1-16(2)12-13-36-23-10-4-17(14-24(23)35-3)26-25-27(33)21-15-19(31)7-11-22(21)37-28(25)29(34)32(26)20-8-5-18(30)6-9-20/h4-11,14-16,26H,12-13H2,1-3H3. The first-order chi connectivity index (χ1) is 17.8. The Morgan fingerprint density at radius 2 is 1.78 bits per heavy atom. The molecule has 2 heterocycles. The Morgan fingerprint density at radius 1 is 1.03 bits per heavy atom. The van der Waals surface area contributed by atoms with Gasteiger partial charge in [0.05, 0.1) is 30.7 Å². The normalized spacial score (nSPS) is 14.9. The molecular formula is C29H25BrClNO5. The summed E-state index contributed by atoms with van der Waals surface area (Å²) < 4.78 is 18.5. The predicted octanol–water partition coefficient (Wildman–Crippen LogP) is 7.39. The molecule has 1 aliphatic rings. The summed E-state index contributed by atoms with van der Waals surface area (Å²) in [6.07, 6.45) is 0.906. The summed E-state index contributed by atoms with van der Waals surface area (Å²) in [5.41, 5.74) is 1.59. The van der Waals surface area contributed by atoms with Crippen LogP contribution in [0.15, 0.2) is 74.3 Å². The average Bonchev–Trinajstić information content (AvgIpc) is 3.17. The largest absolute Gasteiger partial charge is 0.493 e. The minimum atomic E-state index is -0.734. The first-order valence-corrected chi connectivity index (χ1v) is 13.1. The molecule has 1 aliphatic heterocycles. The summed E-state index contributed by atoms with van der Waals surface area (Å²) in [6.45, 7) is 4.83. The lowest BCUT2D eigenvalue weighted by atomic mass is 9.97. The number of amides is 1. The van der Waals surface area contributed by atoms with E-state index in [9.17, 15) is 9.59 Å². The summed E-state index contributed by atoms with van der Waals surface area (Å²) in [7, 11) is 1.57. The van der Waals surface area contributed by atoms with E-state index in [1.165, 1.54) is 0 Å². The van der Waals surface area contributed by atoms with Gasteiger partial charge in [0.2, 0.25) is 5.76 Å². The number of nitrogens with zero attached hydrogens (tertiary/aromatic N) is 1. The molecule has 37 heavy (non-hydrogen) atoms. The van der Waals surface area contributed by atoms with Crippen molar-refractivity contribution in [2.24, 2.45) is 5.92 Å². The lowest BCUT2D eigenvalue weighted by Crippen LogP contribution is -2.29. The minimum Gasteiger partial charge on any atom is -0.493 e. The fourth-order valence-corrected chi connectivity index (χ4v) is 4.94. The van der Waals surface area contributed by atoms with Gasteiger partial charge >= 0.3 is 0 Å². The van der Waals surface area contributed by atoms with Crippen molar-refractivity contribution in [2.75, 3.05) is 18.6 Å². The van der Waals surface area contributed by atoms with Crippen LogP contribution >= 0.6 is 27.5 Å². The van der Waals surface area contributed by atoms with E-state index in [1.54, 1.807) is 30.2 Å². The van der Waals surface area contributed by atoms with Crippen LogP contribution in [0.5, 0.6) is 11.5 Å². The second-order valence-electron chi connectivity index (χ2n) is 9.31. The molecule has 0 radical (unpaired) electrons. The van der Waals surface area contributed by atoms with E-state index in [0.717, 1.165) is 10.9 Å². The molecule has 1 amide bonds. The van der Waals surface area contributed by atoms with Crippen LogP contribution in [-0.4, -0.2) is 19.6 Å². The molecule has 5 rings (SSSR count). The van der Waals surface area contributed by atoms with E-state index in [1.807, 2.05) is 42.5 Å². The molecule has 3 aromatic carbocycles. The molecule has 0 aliphatic carbocycles. The van der Waals surface area contributed by atoms with Crippen LogP contribution in [0.4, 0.5) is 5.69 Å². The van der Waals surface area contributed by atoms with E-state index in [0.29, 0.717) is 51.3 Å². The third kappa shape index (κ3) is 4.74. The molecule has 1 atom stereocenters. The smallest absolute Gasteiger partial charge is 0.295 e. The van der Waals surface area contributed by atoms with Gasteiger partial charge in [-0.15, -0.1) is 0 Å². The van der Waals surface area contributed by atoms with Crippen molar-refractivity contribution >= 4 is 50.1 Å². The van der Waals surface area contributed by atoms with Crippen LogP contribution in [0.2, 0.25) is 5.02 Å². The summed E-state index contributed by atoms with van der Waals surface area (Å²) in [6, 6.07) is 16.9. The van der Waals surface area contributed by atoms with Crippen molar-refractivity contribution in [2.45, 2.75) is 26.3 Å². The fourth-order valence-electron chi connectivity index (χ4n) is 4.51. The third-order valence-corrected chi connectivity index (χ3v) is 7.16. The molecule has 0 saturated heterocycles. The van der Waals surface area contributed by atoms with Crippen LogP contribution in [0.1, 0.15) is 48.0 Å². The molecule has 190 valence electrons. The number of halogens is 2. The second kappa shape index (κ2) is 10.2. The Labute approximate surface area is 227 Å². The third-order valence-electron chi connectivity index (χ3n) is 6.39. The monoisotopic (exact) mass is 581 g/mol. The molecule has 1 aromatic heterocycles. The zero-order valence-electron chi connectivity index (χ0n) is 20.6. The van der Waals surface area contributed by atoms with Crippen LogP contribution < -0.4 is 19.8 Å². The number of carbonyl (C=O) groups excluding carboxylic acids is 1.